The second-order valence-corrected chi connectivity index (χ2v) is 5.07. The molecule has 0 aliphatic carbocycles. The van der Waals surface area contributed by atoms with Gasteiger partial charge in [0.2, 0.25) is 0 Å². The van der Waals surface area contributed by atoms with E-state index in [-0.39, 0.29) is 0 Å². The summed E-state index contributed by atoms with van der Waals surface area (Å²) in [4.78, 5) is 0. The zero-order chi connectivity index (χ0) is 13.2. The quantitative estimate of drug-likeness (QED) is 0.539. The minimum absolute atomic E-state index is 0.860. The van der Waals surface area contributed by atoms with Gasteiger partial charge in [0.05, 0.1) is 6.61 Å². The molecule has 102 valence electrons. The smallest absolute Gasteiger partial charge is 0.122 e. The number of rotatable bonds is 9. The highest BCUT2D eigenvalue weighted by atomic mass is 16.5. The monoisotopic (exact) mass is 248 g/mol. The molecule has 0 aliphatic rings. The molecule has 1 heteroatoms. The second kappa shape index (κ2) is 9.02. The zero-order valence-electron chi connectivity index (χ0n) is 12.3. The van der Waals surface area contributed by atoms with Crippen LogP contribution in [0.1, 0.15) is 63.5 Å². The Morgan fingerprint density at radius 2 is 1.67 bits per heavy atom. The standard InChI is InChI=1S/C17H28O/c1-4-6-7-8-9-10-13-18-17-12-11-16(5-2)14-15(17)3/h11-12,14H,4-10,13H2,1-3H3. The van der Waals surface area contributed by atoms with Crippen molar-refractivity contribution >= 4 is 0 Å². The van der Waals surface area contributed by atoms with Gasteiger partial charge in [0.1, 0.15) is 5.75 Å². The van der Waals surface area contributed by atoms with Crippen molar-refractivity contribution in [1.29, 1.82) is 0 Å². The number of aryl methyl sites for hydroxylation is 2. The molecule has 0 unspecified atom stereocenters. The van der Waals surface area contributed by atoms with E-state index in [4.69, 9.17) is 4.74 Å². The molecule has 0 fully saturated rings. The average molecular weight is 248 g/mol. The van der Waals surface area contributed by atoms with Crippen molar-refractivity contribution in [3.8, 4) is 5.75 Å². The molecule has 0 heterocycles. The molecule has 0 N–H and O–H groups in total. The Balaban J connectivity index is 2.19. The summed E-state index contributed by atoms with van der Waals surface area (Å²) in [6.07, 6.45) is 8.99. The van der Waals surface area contributed by atoms with Gasteiger partial charge < -0.3 is 4.74 Å². The Kier molecular flexibility index (Phi) is 7.55. The largest absolute Gasteiger partial charge is 0.493 e. The molecule has 1 aromatic rings. The number of unbranched alkanes of at least 4 members (excludes halogenated alkanes) is 5. The lowest BCUT2D eigenvalue weighted by Gasteiger charge is -2.10. The van der Waals surface area contributed by atoms with Crippen LogP contribution < -0.4 is 4.74 Å². The molecule has 0 amide bonds. The Morgan fingerprint density at radius 1 is 0.944 bits per heavy atom. The SMILES string of the molecule is CCCCCCCCOc1ccc(CC)cc1C. The first-order chi connectivity index (χ1) is 8.77. The molecule has 0 radical (unpaired) electrons. The summed E-state index contributed by atoms with van der Waals surface area (Å²) in [5, 5.41) is 0. The molecular formula is C17H28O. The maximum Gasteiger partial charge on any atom is 0.122 e. The van der Waals surface area contributed by atoms with Crippen molar-refractivity contribution in [3.05, 3.63) is 29.3 Å². The third-order valence-corrected chi connectivity index (χ3v) is 3.40. The highest BCUT2D eigenvalue weighted by molar-refractivity contribution is 5.36. The number of ether oxygens (including phenoxy) is 1. The van der Waals surface area contributed by atoms with E-state index in [9.17, 15) is 0 Å². The fourth-order valence-electron chi connectivity index (χ4n) is 2.16. The van der Waals surface area contributed by atoms with E-state index in [1.807, 2.05) is 0 Å². The molecule has 18 heavy (non-hydrogen) atoms. The molecule has 0 atom stereocenters. The maximum atomic E-state index is 5.84. The van der Waals surface area contributed by atoms with E-state index < -0.39 is 0 Å². The Bertz CT molecular complexity index is 330. The van der Waals surface area contributed by atoms with Crippen LogP contribution in [0.4, 0.5) is 0 Å². The highest BCUT2D eigenvalue weighted by Gasteiger charge is 2.00. The van der Waals surface area contributed by atoms with Gasteiger partial charge in [-0.25, -0.2) is 0 Å². The molecule has 0 saturated carbocycles. The molecule has 1 rings (SSSR count). The summed E-state index contributed by atoms with van der Waals surface area (Å²) in [5.74, 6) is 1.06. The van der Waals surface area contributed by atoms with Crippen molar-refractivity contribution in [2.24, 2.45) is 0 Å². The molecule has 0 aliphatic heterocycles. The van der Waals surface area contributed by atoms with Gasteiger partial charge in [-0.3, -0.25) is 0 Å². The maximum absolute atomic E-state index is 5.84. The van der Waals surface area contributed by atoms with E-state index in [2.05, 4.69) is 39.0 Å². The molecule has 0 saturated heterocycles. The second-order valence-electron chi connectivity index (χ2n) is 5.07. The van der Waals surface area contributed by atoms with E-state index in [1.165, 1.54) is 49.7 Å². The third kappa shape index (κ3) is 5.57. The van der Waals surface area contributed by atoms with Crippen LogP contribution in [-0.4, -0.2) is 6.61 Å². The summed E-state index contributed by atoms with van der Waals surface area (Å²) in [5.41, 5.74) is 2.65. The summed E-state index contributed by atoms with van der Waals surface area (Å²) < 4.78 is 5.84. The highest BCUT2D eigenvalue weighted by Crippen LogP contribution is 2.19. The van der Waals surface area contributed by atoms with Crippen LogP contribution in [0.25, 0.3) is 0 Å². The van der Waals surface area contributed by atoms with Gasteiger partial charge in [0.15, 0.2) is 0 Å². The van der Waals surface area contributed by atoms with Crippen molar-refractivity contribution in [1.82, 2.24) is 0 Å². The van der Waals surface area contributed by atoms with Crippen molar-refractivity contribution in [3.63, 3.8) is 0 Å². The van der Waals surface area contributed by atoms with Crippen LogP contribution in [-0.2, 0) is 6.42 Å². The first-order valence-electron chi connectivity index (χ1n) is 7.50. The fourth-order valence-corrected chi connectivity index (χ4v) is 2.16. The van der Waals surface area contributed by atoms with Crippen LogP contribution in [0.5, 0.6) is 5.75 Å². The van der Waals surface area contributed by atoms with Crippen LogP contribution in [0.3, 0.4) is 0 Å². The van der Waals surface area contributed by atoms with E-state index in [0.29, 0.717) is 0 Å². The predicted molar refractivity (Wildman–Crippen MR) is 79.4 cm³/mol. The lowest BCUT2D eigenvalue weighted by atomic mass is 10.1. The third-order valence-electron chi connectivity index (χ3n) is 3.40. The predicted octanol–water partition coefficient (Wildman–Crippen LogP) is 5.30. The van der Waals surface area contributed by atoms with Crippen molar-refractivity contribution in [2.45, 2.75) is 65.7 Å². The average Bonchev–Trinajstić information content (AvgIpc) is 2.39. The normalized spacial score (nSPS) is 10.6. The minimum atomic E-state index is 0.860. The van der Waals surface area contributed by atoms with Gasteiger partial charge in [-0.1, -0.05) is 58.1 Å². The van der Waals surface area contributed by atoms with E-state index in [1.54, 1.807) is 0 Å². The van der Waals surface area contributed by atoms with Crippen molar-refractivity contribution in [2.75, 3.05) is 6.61 Å². The van der Waals surface area contributed by atoms with Crippen LogP contribution >= 0.6 is 0 Å². The summed E-state index contributed by atoms with van der Waals surface area (Å²) in [6, 6.07) is 6.52. The molecule has 1 nitrogen and oxygen atoms in total. The number of benzene rings is 1. The molecular weight excluding hydrogens is 220 g/mol. The van der Waals surface area contributed by atoms with Crippen LogP contribution in [0.15, 0.2) is 18.2 Å². The van der Waals surface area contributed by atoms with Crippen molar-refractivity contribution < 1.29 is 4.74 Å². The number of hydrogen-bond acceptors (Lipinski definition) is 1. The topological polar surface area (TPSA) is 9.23 Å². The molecule has 0 aromatic heterocycles. The first kappa shape index (κ1) is 15.1. The van der Waals surface area contributed by atoms with E-state index >= 15 is 0 Å². The fraction of sp³-hybridized carbons (Fsp3) is 0.647. The van der Waals surface area contributed by atoms with Gasteiger partial charge >= 0.3 is 0 Å². The van der Waals surface area contributed by atoms with Gasteiger partial charge in [0.25, 0.3) is 0 Å². The van der Waals surface area contributed by atoms with E-state index in [0.717, 1.165) is 18.8 Å². The number of hydrogen-bond donors (Lipinski definition) is 0. The Labute approximate surface area is 113 Å². The van der Waals surface area contributed by atoms with Crippen LogP contribution in [0, 0.1) is 6.92 Å². The van der Waals surface area contributed by atoms with Gasteiger partial charge in [-0.05, 0) is 37.0 Å². The first-order valence-corrected chi connectivity index (χ1v) is 7.50. The minimum Gasteiger partial charge on any atom is -0.493 e. The Hall–Kier alpha value is -0.980. The van der Waals surface area contributed by atoms with Gasteiger partial charge in [-0.2, -0.15) is 0 Å². The molecule has 1 aromatic carbocycles. The molecule has 0 spiro atoms. The Morgan fingerprint density at radius 3 is 2.33 bits per heavy atom. The summed E-state index contributed by atoms with van der Waals surface area (Å²) in [7, 11) is 0. The summed E-state index contributed by atoms with van der Waals surface area (Å²) >= 11 is 0. The zero-order valence-corrected chi connectivity index (χ0v) is 12.3. The van der Waals surface area contributed by atoms with Gasteiger partial charge in [-0.15, -0.1) is 0 Å². The lowest BCUT2D eigenvalue weighted by Crippen LogP contribution is -1.99. The lowest BCUT2D eigenvalue weighted by molar-refractivity contribution is 0.302. The van der Waals surface area contributed by atoms with Gasteiger partial charge in [0, 0.05) is 0 Å². The summed E-state index contributed by atoms with van der Waals surface area (Å²) in [6.45, 7) is 7.44. The van der Waals surface area contributed by atoms with Crippen LogP contribution in [0.2, 0.25) is 0 Å². The molecule has 0 bridgehead atoms.